The Balaban J connectivity index is 1.04. The maximum absolute atomic E-state index is 2.54. The number of benzene rings is 13. The molecule has 0 bridgehead atoms. The lowest BCUT2D eigenvalue weighted by molar-refractivity contribution is 0.794. The Kier molecular flexibility index (Phi) is 9.25. The summed E-state index contributed by atoms with van der Waals surface area (Å²) < 4.78 is 2.45. The highest BCUT2D eigenvalue weighted by Crippen LogP contribution is 2.66. The Morgan fingerprint density at radius 2 is 0.816 bits per heavy atom. The molecule has 0 radical (unpaired) electrons. The molecule has 1 aromatic heterocycles. The molecule has 0 fully saturated rings. The van der Waals surface area contributed by atoms with Crippen LogP contribution in [0.25, 0.3) is 82.1 Å². The standard InChI is InChI=1S/C73H47N3/c1-4-25-53(26-5-1)74(57-39-41-69-64(45-57)62-40-37-49-21-14-15-31-59(49)72(62)76(69)55-29-8-3-9-30-55)58-46-65-61-33-17-19-35-67(61)73(66-34-18-16-32-60(66)63-43-51-23-12-13-24-52(51)44-68(63)73)71(65)70(47-58)75(54-27-6-2-7-28-54)56-38-36-48-20-10-11-22-50(48)42-56/h1-47H. The van der Waals surface area contributed by atoms with Crippen molar-refractivity contribution in [1.82, 2.24) is 4.57 Å². The Hall–Kier alpha value is -9.96. The minimum atomic E-state index is -0.655. The van der Waals surface area contributed by atoms with Crippen LogP contribution in [0.15, 0.2) is 285 Å². The fourth-order valence-electron chi connectivity index (χ4n) is 13.3. The lowest BCUT2D eigenvalue weighted by Gasteiger charge is -2.37. The summed E-state index contributed by atoms with van der Waals surface area (Å²) in [4.78, 5) is 5.02. The molecular weight excluding hydrogens is 919 g/mol. The van der Waals surface area contributed by atoms with Crippen LogP contribution in [0.2, 0.25) is 0 Å². The first-order chi connectivity index (χ1) is 37.7. The van der Waals surface area contributed by atoms with Crippen LogP contribution in [-0.2, 0) is 5.41 Å². The molecule has 1 unspecified atom stereocenters. The zero-order valence-corrected chi connectivity index (χ0v) is 41.5. The highest BCUT2D eigenvalue weighted by atomic mass is 15.2. The van der Waals surface area contributed by atoms with E-state index in [9.17, 15) is 0 Å². The minimum absolute atomic E-state index is 0.655. The van der Waals surface area contributed by atoms with Crippen LogP contribution in [0.5, 0.6) is 0 Å². The van der Waals surface area contributed by atoms with E-state index in [0.29, 0.717) is 0 Å². The van der Waals surface area contributed by atoms with Crippen LogP contribution in [0.3, 0.4) is 0 Å². The second-order valence-corrected chi connectivity index (χ2v) is 20.4. The summed E-state index contributed by atoms with van der Waals surface area (Å²) in [6.07, 6.45) is 0. The van der Waals surface area contributed by atoms with Crippen molar-refractivity contribution in [1.29, 1.82) is 0 Å². The SMILES string of the molecule is c1ccc(N(c2cc3c(c(N(c4ccccc4)c4ccc5ccccc5c4)c2)C2(c4ccccc4-c4cc5ccccc5cc42)c2ccccc2-3)c2ccc3c(c2)c2ccc4ccccc4c2n3-c2ccccc2)cc1. The molecule has 3 heteroatoms. The number of fused-ring (bicyclic) bond motifs is 17. The van der Waals surface area contributed by atoms with Gasteiger partial charge in [0.1, 0.15) is 0 Å². The summed E-state index contributed by atoms with van der Waals surface area (Å²) in [6, 6.07) is 106. The van der Waals surface area contributed by atoms with Gasteiger partial charge in [0, 0.05) is 55.8 Å². The molecule has 76 heavy (non-hydrogen) atoms. The van der Waals surface area contributed by atoms with Gasteiger partial charge in [0.15, 0.2) is 0 Å². The van der Waals surface area contributed by atoms with E-state index in [1.807, 2.05) is 0 Å². The molecule has 13 aromatic carbocycles. The van der Waals surface area contributed by atoms with Crippen molar-refractivity contribution in [3.63, 3.8) is 0 Å². The van der Waals surface area contributed by atoms with Crippen molar-refractivity contribution >= 4 is 88.2 Å². The van der Waals surface area contributed by atoms with Gasteiger partial charge in [-0.15, -0.1) is 0 Å². The molecule has 2 aliphatic carbocycles. The first-order valence-electron chi connectivity index (χ1n) is 26.3. The minimum Gasteiger partial charge on any atom is -0.310 e. The largest absolute Gasteiger partial charge is 0.310 e. The van der Waals surface area contributed by atoms with Crippen molar-refractivity contribution in [2.45, 2.75) is 5.41 Å². The smallest absolute Gasteiger partial charge is 0.0746 e. The molecular formula is C73H47N3. The number of rotatable bonds is 7. The second-order valence-electron chi connectivity index (χ2n) is 20.4. The monoisotopic (exact) mass is 965 g/mol. The summed E-state index contributed by atoms with van der Waals surface area (Å²) >= 11 is 0. The van der Waals surface area contributed by atoms with E-state index < -0.39 is 5.41 Å². The Bertz CT molecular complexity index is 4650. The molecule has 0 saturated carbocycles. The summed E-state index contributed by atoms with van der Waals surface area (Å²) in [5.74, 6) is 0. The van der Waals surface area contributed by atoms with Crippen LogP contribution >= 0.6 is 0 Å². The molecule has 3 nitrogen and oxygen atoms in total. The summed E-state index contributed by atoms with van der Waals surface area (Å²) in [7, 11) is 0. The Morgan fingerprint density at radius 3 is 1.54 bits per heavy atom. The maximum atomic E-state index is 2.54. The third kappa shape index (κ3) is 6.11. The molecule has 1 atom stereocenters. The Morgan fingerprint density at radius 1 is 0.276 bits per heavy atom. The van der Waals surface area contributed by atoms with Gasteiger partial charge < -0.3 is 14.4 Å². The van der Waals surface area contributed by atoms with Crippen molar-refractivity contribution < 1.29 is 0 Å². The molecule has 0 amide bonds. The molecule has 16 rings (SSSR count). The molecule has 14 aromatic rings. The predicted molar refractivity (Wildman–Crippen MR) is 319 cm³/mol. The van der Waals surface area contributed by atoms with E-state index in [4.69, 9.17) is 0 Å². The lowest BCUT2D eigenvalue weighted by Crippen LogP contribution is -2.28. The highest BCUT2D eigenvalue weighted by molar-refractivity contribution is 6.19. The van der Waals surface area contributed by atoms with E-state index >= 15 is 0 Å². The van der Waals surface area contributed by atoms with Gasteiger partial charge in [-0.25, -0.2) is 0 Å². The summed E-state index contributed by atoms with van der Waals surface area (Å²) in [5, 5.41) is 9.75. The zero-order chi connectivity index (χ0) is 49.9. The van der Waals surface area contributed by atoms with Gasteiger partial charge in [0.2, 0.25) is 0 Å². The zero-order valence-electron chi connectivity index (χ0n) is 41.5. The van der Waals surface area contributed by atoms with Crippen LogP contribution in [0, 0.1) is 0 Å². The van der Waals surface area contributed by atoms with Crippen LogP contribution in [0.4, 0.5) is 34.1 Å². The van der Waals surface area contributed by atoms with Crippen molar-refractivity contribution in [3.05, 3.63) is 307 Å². The number of anilines is 6. The maximum Gasteiger partial charge on any atom is 0.0746 e. The van der Waals surface area contributed by atoms with E-state index in [2.05, 4.69) is 299 Å². The third-order valence-electron chi connectivity index (χ3n) is 16.4. The lowest BCUT2D eigenvalue weighted by atomic mass is 9.69. The van der Waals surface area contributed by atoms with Crippen LogP contribution in [-0.4, -0.2) is 4.57 Å². The first kappa shape index (κ1) is 42.5. The van der Waals surface area contributed by atoms with Gasteiger partial charge in [0.25, 0.3) is 0 Å². The molecule has 0 N–H and O–H groups in total. The van der Waals surface area contributed by atoms with Gasteiger partial charge >= 0.3 is 0 Å². The number of aromatic nitrogens is 1. The van der Waals surface area contributed by atoms with Crippen molar-refractivity contribution in [2.24, 2.45) is 0 Å². The predicted octanol–water partition coefficient (Wildman–Crippen LogP) is 19.5. The normalized spacial score (nSPS) is 14.1. The topological polar surface area (TPSA) is 11.4 Å². The van der Waals surface area contributed by atoms with Gasteiger partial charge in [-0.1, -0.05) is 194 Å². The summed E-state index contributed by atoms with van der Waals surface area (Å²) in [6.45, 7) is 0. The van der Waals surface area contributed by atoms with E-state index in [-0.39, 0.29) is 0 Å². The van der Waals surface area contributed by atoms with Crippen molar-refractivity contribution in [3.8, 4) is 27.9 Å². The van der Waals surface area contributed by atoms with Crippen LogP contribution < -0.4 is 9.80 Å². The molecule has 2 aliphatic rings. The fourth-order valence-corrected chi connectivity index (χ4v) is 13.3. The van der Waals surface area contributed by atoms with Crippen molar-refractivity contribution in [2.75, 3.05) is 9.80 Å². The van der Waals surface area contributed by atoms with Gasteiger partial charge in [0.05, 0.1) is 22.1 Å². The molecule has 1 spiro atoms. The fraction of sp³-hybridized carbons (Fsp3) is 0.0137. The Labute approximate surface area is 441 Å². The van der Waals surface area contributed by atoms with Gasteiger partial charge in [-0.3, -0.25) is 0 Å². The summed E-state index contributed by atoms with van der Waals surface area (Å²) in [5.41, 5.74) is 19.6. The van der Waals surface area contributed by atoms with E-state index in [1.54, 1.807) is 0 Å². The van der Waals surface area contributed by atoms with Gasteiger partial charge in [-0.2, -0.15) is 0 Å². The van der Waals surface area contributed by atoms with E-state index in [1.165, 1.54) is 93.1 Å². The number of nitrogens with zero attached hydrogens (tertiary/aromatic N) is 3. The quantitative estimate of drug-likeness (QED) is 0.158. The second kappa shape index (κ2) is 16.5. The van der Waals surface area contributed by atoms with E-state index in [0.717, 1.165) is 45.3 Å². The first-order valence-corrected chi connectivity index (χ1v) is 26.3. The number of hydrogen-bond donors (Lipinski definition) is 0. The average molecular weight is 966 g/mol. The highest BCUT2D eigenvalue weighted by Gasteiger charge is 2.54. The third-order valence-corrected chi connectivity index (χ3v) is 16.4. The number of para-hydroxylation sites is 3. The molecule has 0 saturated heterocycles. The molecule has 0 aliphatic heterocycles. The number of hydrogen-bond acceptors (Lipinski definition) is 2. The van der Waals surface area contributed by atoms with Gasteiger partial charge in [-0.05, 0) is 157 Å². The average Bonchev–Trinajstić information content (AvgIpc) is 4.30. The molecule has 354 valence electrons. The van der Waals surface area contributed by atoms with Crippen LogP contribution in [0.1, 0.15) is 22.3 Å². The molecule has 1 heterocycles.